The van der Waals surface area contributed by atoms with Crippen LogP contribution >= 0.6 is 0 Å². The van der Waals surface area contributed by atoms with Crippen molar-refractivity contribution in [2.45, 2.75) is 33.0 Å². The van der Waals surface area contributed by atoms with Crippen molar-refractivity contribution in [1.29, 1.82) is 0 Å². The number of benzene rings is 2. The van der Waals surface area contributed by atoms with E-state index in [1.165, 1.54) is 23.9 Å². The molecule has 0 N–H and O–H groups in total. The van der Waals surface area contributed by atoms with E-state index in [2.05, 4.69) is 16.8 Å². The highest BCUT2D eigenvalue weighted by atomic mass is 19.1. The van der Waals surface area contributed by atoms with E-state index in [9.17, 15) is 14.0 Å². The van der Waals surface area contributed by atoms with E-state index < -0.39 is 11.4 Å². The molecule has 0 radical (unpaired) electrons. The van der Waals surface area contributed by atoms with Gasteiger partial charge >= 0.3 is 0 Å². The van der Waals surface area contributed by atoms with E-state index in [-0.39, 0.29) is 30.9 Å². The molecule has 1 amide bonds. The molecule has 4 heterocycles. The minimum absolute atomic E-state index is 0.0298. The predicted molar refractivity (Wildman–Crippen MR) is 169 cm³/mol. The van der Waals surface area contributed by atoms with Gasteiger partial charge in [-0.25, -0.2) is 9.07 Å². The zero-order valence-corrected chi connectivity index (χ0v) is 26.4. The topological polar surface area (TPSA) is 94.3 Å². The molecule has 6 rings (SSSR count). The molecule has 45 heavy (non-hydrogen) atoms. The van der Waals surface area contributed by atoms with Gasteiger partial charge in [0.25, 0.3) is 11.5 Å². The van der Waals surface area contributed by atoms with Crippen LogP contribution in [0.5, 0.6) is 17.2 Å². The fourth-order valence-corrected chi connectivity index (χ4v) is 6.24. The molecule has 0 spiro atoms. The first-order valence-electron chi connectivity index (χ1n) is 15.2. The first-order chi connectivity index (χ1) is 21.7. The van der Waals surface area contributed by atoms with E-state index in [4.69, 9.17) is 19.3 Å². The molecule has 11 nitrogen and oxygen atoms in total. The van der Waals surface area contributed by atoms with Crippen LogP contribution in [0.1, 0.15) is 41.5 Å². The first-order valence-corrected chi connectivity index (χ1v) is 15.2. The van der Waals surface area contributed by atoms with E-state index in [0.29, 0.717) is 59.9 Å². The van der Waals surface area contributed by atoms with Gasteiger partial charge in [0.1, 0.15) is 34.8 Å². The molecule has 2 aliphatic heterocycles. The fraction of sp³-hybridized carbons (Fsp3) is 0.424. The summed E-state index contributed by atoms with van der Waals surface area (Å²) in [6.07, 6.45) is 0. The van der Waals surface area contributed by atoms with Crippen molar-refractivity contribution in [2.75, 3.05) is 65.4 Å². The van der Waals surface area contributed by atoms with Gasteiger partial charge in [0.05, 0.1) is 20.8 Å². The maximum atomic E-state index is 14.5. The Balaban J connectivity index is 1.47. The van der Waals surface area contributed by atoms with Crippen molar-refractivity contribution >= 4 is 22.6 Å². The van der Waals surface area contributed by atoms with Gasteiger partial charge in [-0.3, -0.25) is 9.59 Å². The van der Waals surface area contributed by atoms with Crippen LogP contribution in [0.3, 0.4) is 0 Å². The lowest BCUT2D eigenvalue weighted by molar-refractivity contribution is 0.0685. The quantitative estimate of drug-likeness (QED) is 0.280. The average Bonchev–Trinajstić information content (AvgIpc) is 3.41. The second-order valence-corrected chi connectivity index (χ2v) is 11.6. The maximum Gasteiger partial charge on any atom is 0.280 e. The number of likely N-dealkylation sites (N-methyl/N-ethyl adjacent to an activating group) is 2. The van der Waals surface area contributed by atoms with Crippen LogP contribution in [0.25, 0.3) is 10.9 Å². The number of ether oxygens (including phenoxy) is 3. The summed E-state index contributed by atoms with van der Waals surface area (Å²) in [6.45, 7) is 8.34. The third kappa shape index (κ3) is 5.58. The maximum absolute atomic E-state index is 14.5. The molecule has 2 aliphatic rings. The van der Waals surface area contributed by atoms with Crippen molar-refractivity contribution in [1.82, 2.24) is 24.1 Å². The molecule has 1 saturated heterocycles. The Bertz CT molecular complexity index is 1780. The van der Waals surface area contributed by atoms with Gasteiger partial charge in [0, 0.05) is 56.9 Å². The van der Waals surface area contributed by atoms with E-state index in [1.807, 2.05) is 42.7 Å². The van der Waals surface area contributed by atoms with Gasteiger partial charge in [-0.05, 0) is 44.7 Å². The molecular weight excluding hydrogens is 579 g/mol. The molecule has 0 aliphatic carbocycles. The largest absolute Gasteiger partial charge is 0.497 e. The van der Waals surface area contributed by atoms with Crippen LogP contribution in [-0.2, 0) is 13.2 Å². The molecule has 0 saturated carbocycles. The number of carbonyl (C=O) groups excluding carboxylic acids is 1. The number of aromatic nitrogens is 3. The Hall–Kier alpha value is -4.58. The van der Waals surface area contributed by atoms with Crippen LogP contribution in [-0.4, -0.2) is 90.6 Å². The third-order valence-corrected chi connectivity index (χ3v) is 8.74. The molecule has 0 bridgehead atoms. The van der Waals surface area contributed by atoms with Crippen molar-refractivity contribution < 1.29 is 23.4 Å². The Morgan fingerprint density at radius 1 is 1.00 bits per heavy atom. The van der Waals surface area contributed by atoms with Crippen LogP contribution < -0.4 is 24.7 Å². The van der Waals surface area contributed by atoms with E-state index in [0.717, 1.165) is 24.4 Å². The molecule has 2 aromatic heterocycles. The molecular formula is C33H39FN6O5. The second-order valence-electron chi connectivity index (χ2n) is 11.6. The van der Waals surface area contributed by atoms with Crippen molar-refractivity contribution in [3.8, 4) is 17.2 Å². The minimum atomic E-state index is -0.452. The van der Waals surface area contributed by atoms with Crippen LogP contribution in [0.4, 0.5) is 10.2 Å². The standard InChI is InChI=1S/C33H39FN6O5/c1-6-37-18-21(2)40-28-27(30(44-5)29(40)33(37)42)32(41)39(35-31(28)38-15-13-36(3)14-16-38)19-23-9-10-24(34)17-26(23)45-20-22-7-11-25(43-4)12-8-22/h7-12,17,21H,6,13-16,18-20H2,1-5H3/t21-/m0/s1. The summed E-state index contributed by atoms with van der Waals surface area (Å²) in [6, 6.07) is 11.6. The summed E-state index contributed by atoms with van der Waals surface area (Å²) in [4.78, 5) is 34.2. The number of anilines is 1. The van der Waals surface area contributed by atoms with Crippen LogP contribution in [0.2, 0.25) is 0 Å². The highest BCUT2D eigenvalue weighted by molar-refractivity contribution is 6.07. The smallest absolute Gasteiger partial charge is 0.280 e. The second kappa shape index (κ2) is 12.4. The summed E-state index contributed by atoms with van der Waals surface area (Å²) >= 11 is 0. The summed E-state index contributed by atoms with van der Waals surface area (Å²) in [7, 11) is 5.17. The molecule has 2 aromatic carbocycles. The number of piperazine rings is 1. The molecule has 1 atom stereocenters. The summed E-state index contributed by atoms with van der Waals surface area (Å²) in [5.41, 5.74) is 2.05. The predicted octanol–water partition coefficient (Wildman–Crippen LogP) is 3.77. The van der Waals surface area contributed by atoms with E-state index in [1.54, 1.807) is 18.1 Å². The Morgan fingerprint density at radius 2 is 1.73 bits per heavy atom. The Morgan fingerprint density at radius 3 is 2.40 bits per heavy atom. The van der Waals surface area contributed by atoms with Crippen molar-refractivity contribution in [3.63, 3.8) is 0 Å². The number of fused-ring (bicyclic) bond motifs is 3. The summed E-state index contributed by atoms with van der Waals surface area (Å²) in [5.74, 6) is 1.29. The lowest BCUT2D eigenvalue weighted by Gasteiger charge is -2.35. The minimum Gasteiger partial charge on any atom is -0.497 e. The Labute approximate surface area is 261 Å². The van der Waals surface area contributed by atoms with Crippen LogP contribution in [0, 0.1) is 5.82 Å². The van der Waals surface area contributed by atoms with Gasteiger partial charge in [0.15, 0.2) is 17.3 Å². The Kier molecular flexibility index (Phi) is 8.41. The normalized spacial score (nSPS) is 17.1. The highest BCUT2D eigenvalue weighted by Gasteiger charge is 2.38. The summed E-state index contributed by atoms with van der Waals surface area (Å²) < 4.78 is 34.9. The zero-order chi connectivity index (χ0) is 31.8. The van der Waals surface area contributed by atoms with Crippen LogP contribution in [0.15, 0.2) is 47.3 Å². The third-order valence-electron chi connectivity index (χ3n) is 8.74. The lowest BCUT2D eigenvalue weighted by Crippen LogP contribution is -2.46. The average molecular weight is 619 g/mol. The lowest BCUT2D eigenvalue weighted by atomic mass is 10.2. The number of methoxy groups -OCH3 is 2. The van der Waals surface area contributed by atoms with E-state index >= 15 is 0 Å². The SMILES string of the molecule is CCN1C[C@H](C)n2c(c(OC)c3c(=O)n(Cc4ccc(F)cc4OCc4ccc(OC)cc4)nc(N4CCN(C)CC4)c32)C1=O. The number of halogens is 1. The van der Waals surface area contributed by atoms with Crippen molar-refractivity contribution in [2.24, 2.45) is 0 Å². The number of hydrogen-bond acceptors (Lipinski definition) is 8. The summed E-state index contributed by atoms with van der Waals surface area (Å²) in [5, 5.41) is 5.26. The van der Waals surface area contributed by atoms with Gasteiger partial charge in [-0.15, -0.1) is 5.10 Å². The molecule has 4 aromatic rings. The van der Waals surface area contributed by atoms with Crippen molar-refractivity contribution in [3.05, 3.63) is 75.5 Å². The molecule has 12 heteroatoms. The number of hydrogen-bond donors (Lipinski definition) is 0. The monoisotopic (exact) mass is 618 g/mol. The molecule has 1 fully saturated rings. The fourth-order valence-electron chi connectivity index (χ4n) is 6.24. The van der Waals surface area contributed by atoms with Gasteiger partial charge < -0.3 is 33.5 Å². The zero-order valence-electron chi connectivity index (χ0n) is 26.4. The number of nitrogens with zero attached hydrogens (tertiary/aromatic N) is 6. The first kappa shape index (κ1) is 30.4. The molecule has 238 valence electrons. The highest BCUT2D eigenvalue weighted by Crippen LogP contribution is 2.41. The van der Waals surface area contributed by atoms with Gasteiger partial charge in [-0.2, -0.15) is 0 Å². The van der Waals surface area contributed by atoms with Gasteiger partial charge in [-0.1, -0.05) is 18.2 Å². The van der Waals surface area contributed by atoms with Gasteiger partial charge in [0.2, 0.25) is 0 Å². The number of carbonyl (C=O) groups is 1. The number of rotatable bonds is 9. The number of amides is 1. The molecule has 0 unspecified atom stereocenters.